The molecule has 0 bridgehead atoms. The maximum atomic E-state index is 13.8. The lowest BCUT2D eigenvalue weighted by Gasteiger charge is -2.35. The van der Waals surface area contributed by atoms with Gasteiger partial charge >= 0.3 is 5.97 Å². The average Bonchev–Trinajstić information content (AvgIpc) is 3.41. The van der Waals surface area contributed by atoms with Gasteiger partial charge in [-0.05, 0) is 72.5 Å². The van der Waals surface area contributed by atoms with Gasteiger partial charge in [0.1, 0.15) is 17.2 Å². The van der Waals surface area contributed by atoms with Crippen molar-refractivity contribution in [3.8, 4) is 11.1 Å². The molecule has 5 aromatic rings. The van der Waals surface area contributed by atoms with Crippen molar-refractivity contribution in [3.63, 3.8) is 0 Å². The number of piperazine rings is 1. The first kappa shape index (κ1) is 30.7. The molecule has 6 rings (SSSR count). The van der Waals surface area contributed by atoms with Crippen molar-refractivity contribution in [1.29, 1.82) is 0 Å². The predicted octanol–water partition coefficient (Wildman–Crippen LogP) is 6.44. The second-order valence-electron chi connectivity index (χ2n) is 11.3. The molecule has 1 aliphatic heterocycles. The second-order valence-corrected chi connectivity index (χ2v) is 11.3. The SMILES string of the molecule is CCOC(=O)c1ccccc1CC(=O)N1CCN(c2ccc(CC(=O)c3oc4ccc(-c5cccc(F)c5)cc4c3C)cn2)CC1. The van der Waals surface area contributed by atoms with Crippen LogP contribution in [-0.4, -0.2) is 60.3 Å². The molecule has 0 aliphatic carbocycles. The summed E-state index contributed by atoms with van der Waals surface area (Å²) in [6, 6.07) is 22.8. The summed E-state index contributed by atoms with van der Waals surface area (Å²) in [4.78, 5) is 47.2. The molecule has 234 valence electrons. The lowest BCUT2D eigenvalue weighted by Crippen LogP contribution is -2.49. The number of rotatable bonds is 9. The molecule has 46 heavy (non-hydrogen) atoms. The lowest BCUT2D eigenvalue weighted by atomic mass is 10.0. The molecule has 0 atom stereocenters. The highest BCUT2D eigenvalue weighted by molar-refractivity contribution is 6.02. The summed E-state index contributed by atoms with van der Waals surface area (Å²) in [5.74, 6) is 0.176. The highest BCUT2D eigenvalue weighted by Gasteiger charge is 2.24. The van der Waals surface area contributed by atoms with Crippen LogP contribution < -0.4 is 4.90 Å². The van der Waals surface area contributed by atoms with Crippen molar-refractivity contribution in [1.82, 2.24) is 9.88 Å². The van der Waals surface area contributed by atoms with Crippen LogP contribution in [-0.2, 0) is 22.4 Å². The van der Waals surface area contributed by atoms with Crippen LogP contribution in [0.3, 0.4) is 0 Å². The quantitative estimate of drug-likeness (QED) is 0.139. The zero-order chi connectivity index (χ0) is 32.2. The maximum absolute atomic E-state index is 13.8. The number of amides is 1. The van der Waals surface area contributed by atoms with Crippen LogP contribution in [0.25, 0.3) is 22.1 Å². The van der Waals surface area contributed by atoms with E-state index in [0.29, 0.717) is 48.6 Å². The minimum atomic E-state index is -0.420. The van der Waals surface area contributed by atoms with E-state index in [-0.39, 0.29) is 37.0 Å². The monoisotopic (exact) mass is 619 g/mol. The number of ketones is 1. The number of nitrogens with zero attached hydrogens (tertiary/aromatic N) is 3. The van der Waals surface area contributed by atoms with Gasteiger partial charge in [0, 0.05) is 49.7 Å². The Morgan fingerprint density at radius 2 is 1.67 bits per heavy atom. The largest absolute Gasteiger partial charge is 0.462 e. The Morgan fingerprint density at radius 3 is 2.41 bits per heavy atom. The Balaban J connectivity index is 1.06. The third-order valence-corrected chi connectivity index (χ3v) is 8.33. The molecular weight excluding hydrogens is 585 g/mol. The molecule has 2 aromatic heterocycles. The van der Waals surface area contributed by atoms with Gasteiger partial charge in [0.05, 0.1) is 18.6 Å². The lowest BCUT2D eigenvalue weighted by molar-refractivity contribution is -0.130. The van der Waals surface area contributed by atoms with Gasteiger partial charge in [-0.2, -0.15) is 0 Å². The van der Waals surface area contributed by atoms with Gasteiger partial charge in [-0.25, -0.2) is 14.2 Å². The third kappa shape index (κ3) is 6.54. The molecule has 1 aliphatic rings. The van der Waals surface area contributed by atoms with Crippen LogP contribution in [0.4, 0.5) is 10.2 Å². The molecule has 1 saturated heterocycles. The number of hydrogen-bond acceptors (Lipinski definition) is 7. The van der Waals surface area contributed by atoms with Crippen LogP contribution in [0.2, 0.25) is 0 Å². The number of anilines is 1. The van der Waals surface area contributed by atoms with Gasteiger partial charge in [-0.15, -0.1) is 0 Å². The van der Waals surface area contributed by atoms with E-state index < -0.39 is 5.97 Å². The molecule has 9 heteroatoms. The number of Topliss-reactive ketones (excluding diaryl/α,β-unsaturated/α-hetero) is 1. The Morgan fingerprint density at radius 1 is 0.891 bits per heavy atom. The Kier molecular flexibility index (Phi) is 8.92. The zero-order valence-electron chi connectivity index (χ0n) is 25.8. The first-order valence-electron chi connectivity index (χ1n) is 15.4. The van der Waals surface area contributed by atoms with Crippen molar-refractivity contribution in [2.24, 2.45) is 0 Å². The summed E-state index contributed by atoms with van der Waals surface area (Å²) in [5.41, 5.74) is 4.81. The second kappa shape index (κ2) is 13.4. The smallest absolute Gasteiger partial charge is 0.338 e. The number of carbonyl (C=O) groups excluding carboxylic acids is 3. The Labute approximate surface area is 266 Å². The summed E-state index contributed by atoms with van der Waals surface area (Å²) in [7, 11) is 0. The van der Waals surface area contributed by atoms with Gasteiger partial charge in [-0.1, -0.05) is 42.5 Å². The molecule has 0 spiro atoms. The predicted molar refractivity (Wildman–Crippen MR) is 174 cm³/mol. The number of carbonyl (C=O) groups is 3. The molecule has 3 heterocycles. The minimum absolute atomic E-state index is 0.0377. The Bertz CT molecular complexity index is 1910. The van der Waals surface area contributed by atoms with Crippen LogP contribution in [0.5, 0.6) is 0 Å². The van der Waals surface area contributed by atoms with Gasteiger partial charge in [0.2, 0.25) is 11.7 Å². The molecular formula is C37H34FN3O5. The third-order valence-electron chi connectivity index (χ3n) is 8.33. The summed E-state index contributed by atoms with van der Waals surface area (Å²) < 4.78 is 24.9. The minimum Gasteiger partial charge on any atom is -0.462 e. The number of ether oxygens (including phenoxy) is 1. The number of esters is 1. The van der Waals surface area contributed by atoms with Crippen molar-refractivity contribution in [3.05, 3.63) is 119 Å². The standard InChI is InChI=1S/C37H34FN3O5/c1-3-45-37(44)30-10-5-4-7-28(30)22-35(43)41-17-15-40(16-18-41)34-14-11-25(23-39-34)19-32(42)36-24(2)31-21-27(12-13-33(31)46-36)26-8-6-9-29(38)20-26/h4-14,20-21,23H,3,15-19,22H2,1-2H3. The molecule has 1 fully saturated rings. The normalized spacial score (nSPS) is 13.2. The van der Waals surface area contributed by atoms with E-state index in [4.69, 9.17) is 9.15 Å². The van der Waals surface area contributed by atoms with E-state index >= 15 is 0 Å². The van der Waals surface area contributed by atoms with E-state index in [0.717, 1.165) is 33.5 Å². The number of halogens is 1. The highest BCUT2D eigenvalue weighted by atomic mass is 19.1. The van der Waals surface area contributed by atoms with E-state index in [1.54, 1.807) is 37.4 Å². The number of furan rings is 1. The van der Waals surface area contributed by atoms with Gasteiger partial charge in [-0.3, -0.25) is 9.59 Å². The molecule has 0 N–H and O–H groups in total. The number of aryl methyl sites for hydroxylation is 1. The van der Waals surface area contributed by atoms with Crippen LogP contribution in [0.15, 0.2) is 89.5 Å². The number of fused-ring (bicyclic) bond motifs is 1. The van der Waals surface area contributed by atoms with Gasteiger partial charge in [0.25, 0.3) is 0 Å². The van der Waals surface area contributed by atoms with E-state index in [1.807, 2.05) is 54.3 Å². The van der Waals surface area contributed by atoms with Crippen LogP contribution in [0, 0.1) is 12.7 Å². The van der Waals surface area contributed by atoms with Gasteiger partial charge < -0.3 is 19.0 Å². The molecule has 0 radical (unpaired) electrons. The number of hydrogen-bond donors (Lipinski definition) is 0. The van der Waals surface area contributed by atoms with E-state index in [9.17, 15) is 18.8 Å². The number of pyridine rings is 1. The van der Waals surface area contributed by atoms with Gasteiger partial charge in [0.15, 0.2) is 5.76 Å². The highest BCUT2D eigenvalue weighted by Crippen LogP contribution is 2.31. The first-order valence-corrected chi connectivity index (χ1v) is 15.4. The van der Waals surface area contributed by atoms with Crippen molar-refractivity contribution in [2.75, 3.05) is 37.7 Å². The average molecular weight is 620 g/mol. The summed E-state index contributed by atoms with van der Waals surface area (Å²) >= 11 is 0. The van der Waals surface area contributed by atoms with Crippen molar-refractivity contribution >= 4 is 34.4 Å². The molecule has 3 aromatic carbocycles. The first-order chi connectivity index (χ1) is 22.3. The van der Waals surface area contributed by atoms with E-state index in [1.165, 1.54) is 12.1 Å². The van der Waals surface area contributed by atoms with Crippen molar-refractivity contribution in [2.45, 2.75) is 26.7 Å². The number of aromatic nitrogens is 1. The summed E-state index contributed by atoms with van der Waals surface area (Å²) in [6.45, 7) is 6.20. The zero-order valence-corrected chi connectivity index (χ0v) is 25.8. The summed E-state index contributed by atoms with van der Waals surface area (Å²) in [5, 5.41) is 0.819. The molecule has 0 unspecified atom stereocenters. The van der Waals surface area contributed by atoms with Crippen LogP contribution in [0.1, 0.15) is 44.5 Å². The topological polar surface area (TPSA) is 93.0 Å². The fourth-order valence-corrected chi connectivity index (χ4v) is 5.85. The molecule has 0 saturated carbocycles. The maximum Gasteiger partial charge on any atom is 0.338 e. The fraction of sp³-hybridized carbons (Fsp3) is 0.243. The molecule has 1 amide bonds. The van der Waals surface area contributed by atoms with E-state index in [2.05, 4.69) is 9.88 Å². The summed E-state index contributed by atoms with van der Waals surface area (Å²) in [6.07, 6.45) is 1.98. The fourth-order valence-electron chi connectivity index (χ4n) is 5.85. The molecule has 8 nitrogen and oxygen atoms in total. The van der Waals surface area contributed by atoms with Crippen LogP contribution >= 0.6 is 0 Å². The van der Waals surface area contributed by atoms with Crippen molar-refractivity contribution < 1.29 is 27.9 Å². The Hall–Kier alpha value is -5.31. The number of benzene rings is 3.